The normalized spacial score (nSPS) is 17.2. The summed E-state index contributed by atoms with van der Waals surface area (Å²) in [5.41, 5.74) is 0.655. The number of anilines is 1. The van der Waals surface area contributed by atoms with Gasteiger partial charge in [-0.1, -0.05) is 6.92 Å². The number of nitrogens with one attached hydrogen (secondary N) is 2. The minimum atomic E-state index is -0.0315. The first-order valence-corrected chi connectivity index (χ1v) is 7.79. The highest BCUT2D eigenvalue weighted by Gasteiger charge is 2.22. The molecule has 1 aromatic heterocycles. The lowest BCUT2D eigenvalue weighted by molar-refractivity contribution is 0.0538. The van der Waals surface area contributed by atoms with Crippen LogP contribution in [0.15, 0.2) is 18.3 Å². The second-order valence-corrected chi connectivity index (χ2v) is 5.57. The largest absolute Gasteiger partial charge is 0.381 e. The second-order valence-electron chi connectivity index (χ2n) is 5.57. The van der Waals surface area contributed by atoms with E-state index in [2.05, 4.69) is 29.5 Å². The van der Waals surface area contributed by atoms with Crippen molar-refractivity contribution in [2.75, 3.05) is 25.1 Å². The Kier molecular flexibility index (Phi) is 5.99. The predicted octanol–water partition coefficient (Wildman–Crippen LogP) is 2.45. The molecule has 116 valence electrons. The Balaban J connectivity index is 1.92. The van der Waals surface area contributed by atoms with E-state index in [9.17, 15) is 4.79 Å². The number of carbonyl (C=O) groups is 1. The van der Waals surface area contributed by atoms with Gasteiger partial charge in [-0.15, -0.1) is 0 Å². The standard InChI is InChI=1S/C16H25N3O2/c1-3-7-17-15-11-14(4-8-18-15)16(20)19-12(2)13-5-9-21-10-6-13/h4,8,11-13H,3,5-7,9-10H2,1-2H3,(H,17,18)(H,19,20). The topological polar surface area (TPSA) is 63.2 Å². The van der Waals surface area contributed by atoms with Gasteiger partial charge >= 0.3 is 0 Å². The van der Waals surface area contributed by atoms with Gasteiger partial charge in [-0.25, -0.2) is 4.98 Å². The van der Waals surface area contributed by atoms with E-state index in [-0.39, 0.29) is 11.9 Å². The molecule has 2 N–H and O–H groups in total. The van der Waals surface area contributed by atoms with Crippen LogP contribution < -0.4 is 10.6 Å². The molecule has 1 aliphatic heterocycles. The Morgan fingerprint density at radius 3 is 2.95 bits per heavy atom. The fraction of sp³-hybridized carbons (Fsp3) is 0.625. The van der Waals surface area contributed by atoms with E-state index < -0.39 is 0 Å². The zero-order chi connectivity index (χ0) is 15.1. The number of ether oxygens (including phenoxy) is 1. The minimum absolute atomic E-state index is 0.0315. The summed E-state index contributed by atoms with van der Waals surface area (Å²) in [5.74, 6) is 1.22. The zero-order valence-electron chi connectivity index (χ0n) is 12.9. The molecule has 1 atom stereocenters. The van der Waals surface area contributed by atoms with E-state index in [0.717, 1.165) is 44.8 Å². The molecular weight excluding hydrogens is 266 g/mol. The van der Waals surface area contributed by atoms with Crippen molar-refractivity contribution in [2.24, 2.45) is 5.92 Å². The molecule has 1 fully saturated rings. The van der Waals surface area contributed by atoms with E-state index in [1.165, 1.54) is 0 Å². The molecule has 0 saturated carbocycles. The number of hydrogen-bond donors (Lipinski definition) is 2. The Morgan fingerprint density at radius 1 is 1.48 bits per heavy atom. The highest BCUT2D eigenvalue weighted by Crippen LogP contribution is 2.19. The van der Waals surface area contributed by atoms with Gasteiger partial charge in [-0.05, 0) is 44.2 Å². The van der Waals surface area contributed by atoms with Crippen LogP contribution in [0.25, 0.3) is 0 Å². The summed E-state index contributed by atoms with van der Waals surface area (Å²) >= 11 is 0. The van der Waals surface area contributed by atoms with Gasteiger partial charge in [0.05, 0.1) is 0 Å². The van der Waals surface area contributed by atoms with Crippen LogP contribution in [0.3, 0.4) is 0 Å². The van der Waals surface area contributed by atoms with Gasteiger partial charge in [0.25, 0.3) is 5.91 Å². The monoisotopic (exact) mass is 291 g/mol. The van der Waals surface area contributed by atoms with Crippen molar-refractivity contribution in [3.63, 3.8) is 0 Å². The van der Waals surface area contributed by atoms with Crippen LogP contribution in [0.1, 0.15) is 43.5 Å². The van der Waals surface area contributed by atoms with Crippen molar-refractivity contribution in [3.8, 4) is 0 Å². The highest BCUT2D eigenvalue weighted by atomic mass is 16.5. The van der Waals surface area contributed by atoms with Crippen LogP contribution in [0.4, 0.5) is 5.82 Å². The molecule has 5 nitrogen and oxygen atoms in total. The molecule has 0 bridgehead atoms. The van der Waals surface area contributed by atoms with E-state index in [1.54, 1.807) is 12.3 Å². The van der Waals surface area contributed by atoms with Crippen LogP contribution in [0.5, 0.6) is 0 Å². The van der Waals surface area contributed by atoms with Crippen LogP contribution in [-0.4, -0.2) is 36.7 Å². The lowest BCUT2D eigenvalue weighted by atomic mass is 9.93. The summed E-state index contributed by atoms with van der Waals surface area (Å²) in [5, 5.41) is 6.30. The Bertz CT molecular complexity index is 459. The maximum Gasteiger partial charge on any atom is 0.251 e. The third kappa shape index (κ3) is 4.70. The van der Waals surface area contributed by atoms with Gasteiger partial charge in [0.15, 0.2) is 0 Å². The van der Waals surface area contributed by atoms with Crippen LogP contribution in [0.2, 0.25) is 0 Å². The fourth-order valence-corrected chi connectivity index (χ4v) is 2.55. The summed E-state index contributed by atoms with van der Waals surface area (Å²) in [7, 11) is 0. The van der Waals surface area contributed by atoms with Crippen molar-refractivity contribution in [3.05, 3.63) is 23.9 Å². The molecule has 2 heterocycles. The van der Waals surface area contributed by atoms with Gasteiger partial charge in [-0.3, -0.25) is 4.79 Å². The Hall–Kier alpha value is -1.62. The summed E-state index contributed by atoms with van der Waals surface area (Å²) in [6, 6.07) is 3.73. The van der Waals surface area contributed by atoms with Crippen molar-refractivity contribution in [1.29, 1.82) is 0 Å². The molecule has 0 radical (unpaired) electrons. The average Bonchev–Trinajstić information content (AvgIpc) is 2.54. The molecule has 1 aliphatic rings. The maximum atomic E-state index is 12.3. The minimum Gasteiger partial charge on any atom is -0.381 e. The maximum absolute atomic E-state index is 12.3. The van der Waals surface area contributed by atoms with Crippen LogP contribution in [0, 0.1) is 5.92 Å². The summed E-state index contributed by atoms with van der Waals surface area (Å²) in [6.07, 6.45) is 4.73. The van der Waals surface area contributed by atoms with E-state index in [1.807, 2.05) is 6.07 Å². The predicted molar refractivity (Wildman–Crippen MR) is 83.5 cm³/mol. The molecule has 0 aliphatic carbocycles. The summed E-state index contributed by atoms with van der Waals surface area (Å²) in [6.45, 7) is 6.62. The number of amides is 1. The summed E-state index contributed by atoms with van der Waals surface area (Å²) in [4.78, 5) is 16.5. The first-order valence-electron chi connectivity index (χ1n) is 7.79. The molecular formula is C16H25N3O2. The van der Waals surface area contributed by atoms with Crippen LogP contribution >= 0.6 is 0 Å². The van der Waals surface area contributed by atoms with Crippen LogP contribution in [-0.2, 0) is 4.74 Å². The quantitative estimate of drug-likeness (QED) is 0.845. The van der Waals surface area contributed by atoms with Gasteiger partial charge < -0.3 is 15.4 Å². The van der Waals surface area contributed by atoms with Crippen molar-refractivity contribution in [1.82, 2.24) is 10.3 Å². The Morgan fingerprint density at radius 2 is 2.24 bits per heavy atom. The number of rotatable bonds is 6. The number of carbonyl (C=O) groups excluding carboxylic acids is 1. The van der Waals surface area contributed by atoms with Gasteiger partial charge in [0.2, 0.25) is 0 Å². The lowest BCUT2D eigenvalue weighted by Gasteiger charge is -2.28. The first kappa shape index (κ1) is 15.8. The van der Waals surface area contributed by atoms with Gasteiger partial charge in [0, 0.05) is 37.6 Å². The van der Waals surface area contributed by atoms with E-state index in [4.69, 9.17) is 4.74 Å². The number of aromatic nitrogens is 1. The fourth-order valence-electron chi connectivity index (χ4n) is 2.55. The number of nitrogens with zero attached hydrogens (tertiary/aromatic N) is 1. The van der Waals surface area contributed by atoms with Crippen molar-refractivity contribution in [2.45, 2.75) is 39.2 Å². The van der Waals surface area contributed by atoms with Crippen molar-refractivity contribution >= 4 is 11.7 Å². The van der Waals surface area contributed by atoms with Gasteiger partial charge in [-0.2, -0.15) is 0 Å². The Labute approximate surface area is 126 Å². The molecule has 1 unspecified atom stereocenters. The molecule has 2 rings (SSSR count). The van der Waals surface area contributed by atoms with Gasteiger partial charge in [0.1, 0.15) is 5.82 Å². The highest BCUT2D eigenvalue weighted by molar-refractivity contribution is 5.94. The molecule has 5 heteroatoms. The average molecular weight is 291 g/mol. The zero-order valence-corrected chi connectivity index (χ0v) is 12.9. The number of hydrogen-bond acceptors (Lipinski definition) is 4. The van der Waals surface area contributed by atoms with E-state index in [0.29, 0.717) is 11.5 Å². The molecule has 1 aromatic rings. The third-order valence-electron chi connectivity index (χ3n) is 3.91. The smallest absolute Gasteiger partial charge is 0.251 e. The molecule has 0 spiro atoms. The molecule has 1 amide bonds. The summed E-state index contributed by atoms with van der Waals surface area (Å²) < 4.78 is 5.36. The van der Waals surface area contributed by atoms with Crippen molar-refractivity contribution < 1.29 is 9.53 Å². The SMILES string of the molecule is CCCNc1cc(C(=O)NC(C)C2CCOCC2)ccn1. The third-order valence-corrected chi connectivity index (χ3v) is 3.91. The molecule has 0 aromatic carbocycles. The molecule has 1 saturated heterocycles. The van der Waals surface area contributed by atoms with E-state index >= 15 is 0 Å². The lowest BCUT2D eigenvalue weighted by Crippen LogP contribution is -2.40. The molecule has 21 heavy (non-hydrogen) atoms. The first-order chi connectivity index (χ1) is 10.2. The second kappa shape index (κ2) is 7.98. The number of pyridine rings is 1.